The number of carbonyl (C=O) groups excluding carboxylic acids is 3. The monoisotopic (exact) mass is 521 g/mol. The molecule has 4 atom stereocenters. The zero-order valence-corrected chi connectivity index (χ0v) is 21.4. The second-order valence-electron chi connectivity index (χ2n) is 9.25. The Labute approximate surface area is 216 Å². The minimum absolute atomic E-state index is 0.0457. The summed E-state index contributed by atoms with van der Waals surface area (Å²) in [7, 11) is 0. The van der Waals surface area contributed by atoms with Gasteiger partial charge in [-0.1, -0.05) is 26.0 Å². The van der Waals surface area contributed by atoms with Crippen molar-refractivity contribution in [2.75, 3.05) is 6.54 Å². The van der Waals surface area contributed by atoms with Crippen LogP contribution in [-0.4, -0.2) is 70.6 Å². The molecule has 0 aliphatic heterocycles. The van der Waals surface area contributed by atoms with Crippen LogP contribution in [0.4, 0.5) is 0 Å². The lowest BCUT2D eigenvalue weighted by Gasteiger charge is -2.24. The molecule has 4 unspecified atom stereocenters. The first-order valence-electron chi connectivity index (χ1n) is 12.0. The highest BCUT2D eigenvalue weighted by Gasteiger charge is 2.28. The SMILES string of the molecule is CC(C)CC(N)C(=O)NC(Cc1ccc(O)cc1)C(=O)NC(C)C(=O)NC(CCCN=C(N)N)C(=O)O. The maximum absolute atomic E-state index is 13.1. The number of hydrogen-bond acceptors (Lipinski definition) is 7. The number of nitrogens with zero attached hydrogens (tertiary/aromatic N) is 1. The highest BCUT2D eigenvalue weighted by molar-refractivity contribution is 5.94. The van der Waals surface area contributed by atoms with Gasteiger partial charge in [0.1, 0.15) is 23.9 Å². The number of guanidine groups is 1. The van der Waals surface area contributed by atoms with Crippen molar-refractivity contribution in [2.45, 2.75) is 70.6 Å². The van der Waals surface area contributed by atoms with Gasteiger partial charge in [-0.15, -0.1) is 0 Å². The van der Waals surface area contributed by atoms with E-state index in [0.29, 0.717) is 18.4 Å². The molecule has 13 nitrogen and oxygen atoms in total. The van der Waals surface area contributed by atoms with E-state index in [1.807, 2.05) is 13.8 Å². The maximum Gasteiger partial charge on any atom is 0.326 e. The molecule has 11 N–H and O–H groups in total. The van der Waals surface area contributed by atoms with Crippen LogP contribution in [0.3, 0.4) is 0 Å². The molecule has 0 heterocycles. The predicted octanol–water partition coefficient (Wildman–Crippen LogP) is -1.08. The third-order valence-electron chi connectivity index (χ3n) is 5.38. The Morgan fingerprint density at radius 3 is 2.05 bits per heavy atom. The highest BCUT2D eigenvalue weighted by atomic mass is 16.4. The van der Waals surface area contributed by atoms with Gasteiger partial charge >= 0.3 is 5.97 Å². The average Bonchev–Trinajstić information content (AvgIpc) is 2.80. The number of phenolic OH excluding ortho intramolecular Hbond substituents is 1. The van der Waals surface area contributed by atoms with Crippen LogP contribution in [0, 0.1) is 5.92 Å². The van der Waals surface area contributed by atoms with E-state index in [9.17, 15) is 29.4 Å². The molecule has 0 radical (unpaired) electrons. The summed E-state index contributed by atoms with van der Waals surface area (Å²) in [6, 6.07) is 1.90. The summed E-state index contributed by atoms with van der Waals surface area (Å²) in [6.07, 6.45) is 0.875. The van der Waals surface area contributed by atoms with Gasteiger partial charge in [0.2, 0.25) is 17.7 Å². The first-order chi connectivity index (χ1) is 17.3. The molecule has 0 aromatic heterocycles. The lowest BCUT2D eigenvalue weighted by molar-refractivity contribution is -0.142. The van der Waals surface area contributed by atoms with Crippen molar-refractivity contribution in [1.82, 2.24) is 16.0 Å². The molecular formula is C24H39N7O6. The van der Waals surface area contributed by atoms with Crippen LogP contribution in [0.2, 0.25) is 0 Å². The molecule has 206 valence electrons. The number of carboxylic acids is 1. The molecule has 3 amide bonds. The Morgan fingerprint density at radius 1 is 0.919 bits per heavy atom. The molecule has 1 aromatic rings. The number of amides is 3. The van der Waals surface area contributed by atoms with E-state index in [1.165, 1.54) is 19.1 Å². The first kappa shape index (κ1) is 31.2. The van der Waals surface area contributed by atoms with Gasteiger partial charge in [-0.25, -0.2) is 4.79 Å². The Hall–Kier alpha value is -3.87. The van der Waals surface area contributed by atoms with E-state index in [0.717, 1.165) is 0 Å². The number of nitrogens with two attached hydrogens (primary N) is 3. The van der Waals surface area contributed by atoms with Crippen molar-refractivity contribution < 1.29 is 29.4 Å². The molecule has 1 aromatic carbocycles. The zero-order chi connectivity index (χ0) is 28.1. The summed E-state index contributed by atoms with van der Waals surface area (Å²) in [5.41, 5.74) is 17.1. The first-order valence-corrected chi connectivity index (χ1v) is 12.0. The fourth-order valence-electron chi connectivity index (χ4n) is 3.41. The minimum Gasteiger partial charge on any atom is -0.508 e. The van der Waals surface area contributed by atoms with Crippen molar-refractivity contribution in [3.05, 3.63) is 29.8 Å². The number of carboxylic acid groups (broad SMARTS) is 1. The molecule has 0 fully saturated rings. The molecule has 0 spiro atoms. The number of aromatic hydroxyl groups is 1. The Kier molecular flexibility index (Phi) is 12.9. The van der Waals surface area contributed by atoms with Crippen LogP contribution in [0.15, 0.2) is 29.3 Å². The molecular weight excluding hydrogens is 482 g/mol. The molecule has 0 aliphatic carbocycles. The number of carbonyl (C=O) groups is 4. The summed E-state index contributed by atoms with van der Waals surface area (Å²) in [5, 5.41) is 26.5. The molecule has 0 bridgehead atoms. The Bertz CT molecular complexity index is 947. The van der Waals surface area contributed by atoms with E-state index in [2.05, 4.69) is 20.9 Å². The van der Waals surface area contributed by atoms with Gasteiger partial charge in [0.05, 0.1) is 6.04 Å². The molecule has 0 aliphatic rings. The molecule has 1 rings (SSSR count). The van der Waals surface area contributed by atoms with Crippen LogP contribution in [0.25, 0.3) is 0 Å². The van der Waals surface area contributed by atoms with Gasteiger partial charge in [-0.3, -0.25) is 19.4 Å². The van der Waals surface area contributed by atoms with Crippen LogP contribution in [0.1, 0.15) is 45.6 Å². The number of aliphatic imine (C=N–C) groups is 1. The lowest BCUT2D eigenvalue weighted by Crippen LogP contribution is -2.57. The normalized spacial score (nSPS) is 14.1. The third kappa shape index (κ3) is 12.1. The van der Waals surface area contributed by atoms with E-state index < -0.39 is 47.9 Å². The second kappa shape index (κ2) is 15.3. The summed E-state index contributed by atoms with van der Waals surface area (Å²) in [6.45, 7) is 5.43. The average molecular weight is 522 g/mol. The fourth-order valence-corrected chi connectivity index (χ4v) is 3.41. The quantitative estimate of drug-likeness (QED) is 0.0794. The van der Waals surface area contributed by atoms with Crippen LogP contribution < -0.4 is 33.2 Å². The topological polar surface area (TPSA) is 235 Å². The Morgan fingerprint density at radius 2 is 1.51 bits per heavy atom. The summed E-state index contributed by atoms with van der Waals surface area (Å²) < 4.78 is 0. The van der Waals surface area contributed by atoms with Crippen molar-refractivity contribution in [1.29, 1.82) is 0 Å². The molecule has 37 heavy (non-hydrogen) atoms. The van der Waals surface area contributed by atoms with Crippen molar-refractivity contribution in [2.24, 2.45) is 28.1 Å². The highest BCUT2D eigenvalue weighted by Crippen LogP contribution is 2.12. The van der Waals surface area contributed by atoms with Crippen molar-refractivity contribution in [3.8, 4) is 5.75 Å². The largest absolute Gasteiger partial charge is 0.508 e. The van der Waals surface area contributed by atoms with Gasteiger partial charge in [-0.05, 0) is 49.8 Å². The van der Waals surface area contributed by atoms with Crippen molar-refractivity contribution >= 4 is 29.7 Å². The number of hydrogen-bond donors (Lipinski definition) is 8. The van der Waals surface area contributed by atoms with Gasteiger partial charge in [0.25, 0.3) is 0 Å². The maximum atomic E-state index is 13.1. The van der Waals surface area contributed by atoms with E-state index in [4.69, 9.17) is 17.2 Å². The van der Waals surface area contributed by atoms with Crippen LogP contribution in [0.5, 0.6) is 5.75 Å². The number of nitrogens with one attached hydrogen (secondary N) is 3. The van der Waals surface area contributed by atoms with E-state index in [-0.39, 0.29) is 37.0 Å². The zero-order valence-electron chi connectivity index (χ0n) is 21.4. The number of rotatable bonds is 15. The number of benzene rings is 1. The van der Waals surface area contributed by atoms with Gasteiger partial charge in [0.15, 0.2) is 5.96 Å². The lowest BCUT2D eigenvalue weighted by atomic mass is 10.0. The standard InChI is InChI=1S/C24H39N7O6/c1-13(2)11-17(25)21(34)31-19(12-15-6-8-16(32)9-7-15)22(35)29-14(3)20(33)30-18(23(36)37)5-4-10-28-24(26)27/h6-9,13-14,17-19,32H,4-5,10-12,25H2,1-3H3,(H,29,35)(H,30,33)(H,31,34)(H,36,37)(H4,26,27,28). The van der Waals surface area contributed by atoms with Gasteiger partial charge in [0, 0.05) is 13.0 Å². The summed E-state index contributed by atoms with van der Waals surface area (Å²) in [4.78, 5) is 53.6. The van der Waals surface area contributed by atoms with E-state index >= 15 is 0 Å². The van der Waals surface area contributed by atoms with E-state index in [1.54, 1.807) is 12.1 Å². The number of aliphatic carboxylic acids is 1. The fraction of sp³-hybridized carbons (Fsp3) is 0.542. The third-order valence-corrected chi connectivity index (χ3v) is 5.38. The molecule has 13 heteroatoms. The summed E-state index contributed by atoms with van der Waals surface area (Å²) >= 11 is 0. The van der Waals surface area contributed by atoms with Crippen LogP contribution in [-0.2, 0) is 25.6 Å². The second-order valence-corrected chi connectivity index (χ2v) is 9.25. The van der Waals surface area contributed by atoms with Gasteiger partial charge < -0.3 is 43.4 Å². The van der Waals surface area contributed by atoms with Crippen molar-refractivity contribution in [3.63, 3.8) is 0 Å². The van der Waals surface area contributed by atoms with Gasteiger partial charge in [-0.2, -0.15) is 0 Å². The predicted molar refractivity (Wildman–Crippen MR) is 138 cm³/mol. The summed E-state index contributed by atoms with van der Waals surface area (Å²) in [5.74, 6) is -3.04. The molecule has 0 saturated heterocycles. The Balaban J connectivity index is 2.88. The minimum atomic E-state index is -1.24. The molecule has 0 saturated carbocycles. The smallest absolute Gasteiger partial charge is 0.326 e. The van der Waals surface area contributed by atoms with Crippen LogP contribution >= 0.6 is 0 Å². The number of phenols is 1.